The van der Waals surface area contributed by atoms with Gasteiger partial charge in [0.15, 0.2) is 12.4 Å². The van der Waals surface area contributed by atoms with Crippen molar-refractivity contribution in [3.63, 3.8) is 0 Å². The smallest absolute Gasteiger partial charge is 0.329 e. The molecule has 3 N–H and O–H groups in total. The van der Waals surface area contributed by atoms with Crippen molar-refractivity contribution >= 4 is 29.4 Å². The molecule has 8 atom stereocenters. The van der Waals surface area contributed by atoms with Crippen molar-refractivity contribution < 1.29 is 53.6 Å². The number of ether oxygens (including phenoxy) is 2. The molecule has 3 saturated carbocycles. The van der Waals surface area contributed by atoms with Gasteiger partial charge in [-0.2, -0.15) is 0 Å². The third-order valence-corrected chi connectivity index (χ3v) is 10.9. The lowest BCUT2D eigenvalue weighted by Crippen LogP contribution is -2.62. The summed E-state index contributed by atoms with van der Waals surface area (Å²) in [7, 11) is 0. The van der Waals surface area contributed by atoms with Gasteiger partial charge in [-0.1, -0.05) is 19.4 Å². The Kier molecular flexibility index (Phi) is 10.4. The highest BCUT2D eigenvalue weighted by atomic mass is 16.9. The lowest BCUT2D eigenvalue weighted by molar-refractivity contribution is -0.757. The highest BCUT2D eigenvalue weighted by Crippen LogP contribution is 2.67. The summed E-state index contributed by atoms with van der Waals surface area (Å²) >= 11 is 0. The second-order valence-corrected chi connectivity index (χ2v) is 13.4. The zero-order valence-corrected chi connectivity index (χ0v) is 26.1. The molecule has 4 aliphatic carbocycles. The number of hydrogen-bond acceptors (Lipinski definition) is 12. The molecule has 3 fully saturated rings. The average Bonchev–Trinajstić information content (AvgIpc) is 3.23. The zero-order valence-electron chi connectivity index (χ0n) is 26.1. The fourth-order valence-electron chi connectivity index (χ4n) is 8.70. The van der Waals surface area contributed by atoms with Gasteiger partial charge in [-0.25, -0.2) is 4.79 Å². The number of unbranched alkanes of at least 4 members (excludes halogenated alkanes) is 1. The van der Waals surface area contributed by atoms with Gasteiger partial charge in [0.2, 0.25) is 11.7 Å². The monoisotopic (exact) mass is 636 g/mol. The predicted octanol–water partition coefficient (Wildman–Crippen LogP) is 1.76. The van der Waals surface area contributed by atoms with Gasteiger partial charge >= 0.3 is 11.9 Å². The molecular weight excluding hydrogens is 592 g/mol. The average molecular weight is 637 g/mol. The highest BCUT2D eigenvalue weighted by molar-refractivity contribution is 5.93. The molecule has 0 bridgehead atoms. The van der Waals surface area contributed by atoms with Gasteiger partial charge in [-0.05, 0) is 80.6 Å². The third-order valence-electron chi connectivity index (χ3n) is 10.9. The van der Waals surface area contributed by atoms with Gasteiger partial charge in [-0.3, -0.25) is 19.2 Å². The van der Waals surface area contributed by atoms with Crippen LogP contribution in [0.25, 0.3) is 0 Å². The van der Waals surface area contributed by atoms with Crippen molar-refractivity contribution in [2.24, 2.45) is 28.6 Å². The Hall–Kier alpha value is -3.39. The fourth-order valence-corrected chi connectivity index (χ4v) is 8.70. The van der Waals surface area contributed by atoms with E-state index in [0.29, 0.717) is 19.3 Å². The molecule has 0 aromatic heterocycles. The topological polar surface area (TPSA) is 209 Å². The minimum absolute atomic E-state index is 0.0448. The van der Waals surface area contributed by atoms with Crippen LogP contribution in [0.15, 0.2) is 11.6 Å². The molecule has 14 heteroatoms. The van der Waals surface area contributed by atoms with Gasteiger partial charge in [0, 0.05) is 18.8 Å². The first kappa shape index (κ1) is 34.5. The SMILES string of the molecule is CC(=O)NC(CC(=O)OCC(=O)[C@@]1(O)CC[C@H]2[C@@H]3CCC4=CC(=O)CC[C@]4(C)[C@H]3[C@@H](O)C[C@@]21C)C(=O)OCCCCO[N+](=O)[O-]. The van der Waals surface area contributed by atoms with Crippen molar-refractivity contribution in [2.45, 2.75) is 103 Å². The minimum Gasteiger partial charge on any atom is -0.464 e. The van der Waals surface area contributed by atoms with E-state index >= 15 is 0 Å². The van der Waals surface area contributed by atoms with Crippen LogP contribution in [0, 0.1) is 38.7 Å². The molecule has 0 aliphatic heterocycles. The molecule has 1 amide bonds. The number of amides is 1. The Bertz CT molecular complexity index is 1250. The van der Waals surface area contributed by atoms with Crippen molar-refractivity contribution in [1.82, 2.24) is 5.32 Å². The number of nitrogens with one attached hydrogen (secondary N) is 1. The summed E-state index contributed by atoms with van der Waals surface area (Å²) in [5.74, 6) is -3.12. The Balaban J connectivity index is 1.35. The molecule has 0 aromatic carbocycles. The number of aliphatic hydroxyl groups is 2. The quantitative estimate of drug-likeness (QED) is 0.114. The van der Waals surface area contributed by atoms with Crippen molar-refractivity contribution in [1.29, 1.82) is 0 Å². The number of rotatable bonds is 13. The molecule has 0 heterocycles. The second kappa shape index (κ2) is 13.5. The lowest BCUT2D eigenvalue weighted by Gasteiger charge is -2.60. The number of allylic oxidation sites excluding steroid dienone is 1. The molecule has 45 heavy (non-hydrogen) atoms. The maximum Gasteiger partial charge on any atom is 0.329 e. The minimum atomic E-state index is -1.83. The standard InChI is InChI=1S/C31H44N2O12/c1-18(34)32-23(28(39)43-12-4-5-13-45-33(41)42)15-26(38)44-17-25(37)31(40)11-9-22-21-7-6-19-14-20(35)8-10-29(19,2)27(21)24(36)16-30(22,31)3/h14,21-24,27,36,40H,4-13,15-17H2,1-3H3,(H,32,34)/t21-,22-,23?,24-,27+,29-,30-,31-/m0/s1. The summed E-state index contributed by atoms with van der Waals surface area (Å²) in [4.78, 5) is 76.8. The van der Waals surface area contributed by atoms with Crippen LogP contribution in [0.2, 0.25) is 0 Å². The predicted molar refractivity (Wildman–Crippen MR) is 154 cm³/mol. The van der Waals surface area contributed by atoms with Crippen LogP contribution in [-0.2, 0) is 38.3 Å². The molecule has 4 rings (SSSR count). The summed E-state index contributed by atoms with van der Waals surface area (Å²) in [5.41, 5.74) is -2.01. The molecule has 4 aliphatic rings. The van der Waals surface area contributed by atoms with Crippen LogP contribution in [0.3, 0.4) is 0 Å². The van der Waals surface area contributed by atoms with Crippen LogP contribution in [-0.4, -0.2) is 82.3 Å². The zero-order chi connectivity index (χ0) is 33.2. The number of nitrogens with zero attached hydrogens (tertiary/aromatic N) is 1. The molecule has 0 saturated heterocycles. The maximum atomic E-state index is 13.5. The Morgan fingerprint density at radius 1 is 1.11 bits per heavy atom. The van der Waals surface area contributed by atoms with Gasteiger partial charge in [-0.15, -0.1) is 10.1 Å². The Labute approximate surface area is 261 Å². The lowest BCUT2D eigenvalue weighted by atomic mass is 9.45. The fraction of sp³-hybridized carbons (Fsp3) is 0.774. The summed E-state index contributed by atoms with van der Waals surface area (Å²) in [6, 6.07) is -1.39. The van der Waals surface area contributed by atoms with E-state index in [-0.39, 0.29) is 67.8 Å². The van der Waals surface area contributed by atoms with E-state index in [1.807, 2.05) is 6.92 Å². The van der Waals surface area contributed by atoms with Gasteiger partial charge < -0.3 is 29.8 Å². The number of carbonyl (C=O) groups is 5. The third kappa shape index (κ3) is 6.91. The largest absolute Gasteiger partial charge is 0.464 e. The van der Waals surface area contributed by atoms with E-state index in [1.54, 1.807) is 6.08 Å². The Morgan fingerprint density at radius 3 is 2.51 bits per heavy atom. The summed E-state index contributed by atoms with van der Waals surface area (Å²) in [6.45, 7) is 4.06. The number of fused-ring (bicyclic) bond motifs is 5. The van der Waals surface area contributed by atoms with E-state index in [0.717, 1.165) is 25.3 Å². The number of esters is 2. The second-order valence-electron chi connectivity index (χ2n) is 13.4. The molecule has 0 spiro atoms. The van der Waals surface area contributed by atoms with E-state index in [9.17, 15) is 44.3 Å². The van der Waals surface area contributed by atoms with Gasteiger partial charge in [0.05, 0.1) is 25.7 Å². The molecule has 0 radical (unpaired) electrons. The molecular formula is C31H44N2O12. The van der Waals surface area contributed by atoms with E-state index in [1.165, 1.54) is 0 Å². The van der Waals surface area contributed by atoms with Gasteiger partial charge in [0.1, 0.15) is 11.6 Å². The van der Waals surface area contributed by atoms with E-state index in [2.05, 4.69) is 17.1 Å². The number of hydrogen-bond donors (Lipinski definition) is 3. The molecule has 0 aromatic rings. The maximum absolute atomic E-state index is 13.5. The highest BCUT2D eigenvalue weighted by Gasteiger charge is 2.68. The molecule has 14 nitrogen and oxygen atoms in total. The number of aliphatic hydroxyl groups excluding tert-OH is 1. The number of ketones is 2. The first-order valence-electron chi connectivity index (χ1n) is 15.7. The van der Waals surface area contributed by atoms with Crippen LogP contribution in [0.1, 0.15) is 85.0 Å². The van der Waals surface area contributed by atoms with Crippen molar-refractivity contribution in [3.8, 4) is 0 Å². The summed E-state index contributed by atoms with van der Waals surface area (Å²) in [6.07, 6.45) is 4.35. The first-order valence-corrected chi connectivity index (χ1v) is 15.7. The summed E-state index contributed by atoms with van der Waals surface area (Å²) < 4.78 is 10.3. The molecule has 250 valence electrons. The number of Topliss-reactive ketones (excluding diaryl/α,β-unsaturated/α-hetero) is 1. The normalized spacial score (nSPS) is 34.2. The van der Waals surface area contributed by atoms with Crippen LogP contribution >= 0.6 is 0 Å². The number of carbonyl (C=O) groups excluding carboxylic acids is 5. The van der Waals surface area contributed by atoms with Gasteiger partial charge in [0.25, 0.3) is 5.09 Å². The molecule has 1 unspecified atom stereocenters. The van der Waals surface area contributed by atoms with Crippen LogP contribution < -0.4 is 5.32 Å². The van der Waals surface area contributed by atoms with Crippen molar-refractivity contribution in [3.05, 3.63) is 21.8 Å². The summed E-state index contributed by atoms with van der Waals surface area (Å²) in [5, 5.41) is 35.0. The van der Waals surface area contributed by atoms with E-state index in [4.69, 9.17) is 9.47 Å². The van der Waals surface area contributed by atoms with Crippen LogP contribution in [0.5, 0.6) is 0 Å². The first-order chi connectivity index (χ1) is 21.1. The van der Waals surface area contributed by atoms with Crippen molar-refractivity contribution in [2.75, 3.05) is 19.8 Å². The van der Waals surface area contributed by atoms with E-state index < -0.39 is 64.9 Å². The van der Waals surface area contributed by atoms with Crippen LogP contribution in [0.4, 0.5) is 0 Å². The Morgan fingerprint density at radius 2 is 1.82 bits per heavy atom.